The van der Waals surface area contributed by atoms with E-state index in [1.165, 1.54) is 39.8 Å². The summed E-state index contributed by atoms with van der Waals surface area (Å²) in [5.74, 6) is -1.62. The van der Waals surface area contributed by atoms with Gasteiger partial charge in [-0.2, -0.15) is 0 Å². The molecule has 1 aromatic carbocycles. The monoisotopic (exact) mass is 444 g/mol. The fourth-order valence-corrected chi connectivity index (χ4v) is 2.20. The highest BCUT2D eigenvalue weighted by Crippen LogP contribution is 2.34. The molecule has 1 aromatic rings. The van der Waals surface area contributed by atoms with E-state index in [2.05, 4.69) is 10.6 Å². The number of carbonyl (C=O) groups is 2. The van der Waals surface area contributed by atoms with Crippen molar-refractivity contribution < 1.29 is 27.1 Å². The normalized spacial score (nSPS) is 14.5. The first-order valence-corrected chi connectivity index (χ1v) is 10.0. The van der Waals surface area contributed by atoms with E-state index in [0.717, 1.165) is 0 Å². The zero-order valence-electron chi connectivity index (χ0n) is 14.3. The maximum Gasteiger partial charge on any atom is 0.245 e. The summed E-state index contributed by atoms with van der Waals surface area (Å²) in [7, 11) is 0. The van der Waals surface area contributed by atoms with Gasteiger partial charge in [-0.25, -0.2) is 8.42 Å². The van der Waals surface area contributed by atoms with Crippen molar-refractivity contribution in [2.24, 2.45) is 0 Å². The molecule has 0 fully saturated rings. The Morgan fingerprint density at radius 2 is 1.12 bits per heavy atom. The van der Waals surface area contributed by atoms with Gasteiger partial charge in [0.25, 0.3) is 0 Å². The maximum absolute atomic E-state index is 12.3. The van der Waals surface area contributed by atoms with Crippen molar-refractivity contribution in [3.63, 3.8) is 0 Å². The number of anilines is 2. The molecule has 26 heavy (non-hydrogen) atoms. The van der Waals surface area contributed by atoms with Gasteiger partial charge >= 0.3 is 0 Å². The third-order valence-corrected chi connectivity index (χ3v) is 6.36. The summed E-state index contributed by atoms with van der Waals surface area (Å²) >= 11 is 6.94. The van der Waals surface area contributed by atoms with Crippen LogP contribution in [0.1, 0.15) is 27.7 Å². The summed E-state index contributed by atoms with van der Waals surface area (Å²) in [4.78, 5) is 24.5. The number of carbonyl (C=O) groups excluding carboxylic acids is 2. The molecule has 2 amide bonds. The van der Waals surface area contributed by atoms with Gasteiger partial charge in [0.1, 0.15) is 9.49 Å². The Morgan fingerprint density at radius 1 is 0.846 bits per heavy atom. The number of benzene rings is 1. The van der Waals surface area contributed by atoms with E-state index < -0.39 is 43.5 Å². The lowest BCUT2D eigenvalue weighted by molar-refractivity contribution is -0.118. The van der Waals surface area contributed by atoms with E-state index in [-0.39, 0.29) is 21.4 Å². The Bertz CT molecular complexity index is 733. The summed E-state index contributed by atoms with van der Waals surface area (Å²) in [6.45, 7) is 5.02. The Morgan fingerprint density at radius 3 is 1.35 bits per heavy atom. The van der Waals surface area contributed by atoms with Crippen molar-refractivity contribution in [1.29, 1.82) is 0 Å². The van der Waals surface area contributed by atoms with Crippen LogP contribution < -0.4 is 10.6 Å². The molecule has 0 radical (unpaired) electrons. The molecule has 0 saturated heterocycles. The van der Waals surface area contributed by atoms with Crippen LogP contribution >= 0.6 is 23.2 Å². The second kappa shape index (κ2) is 8.32. The molecule has 4 N–H and O–H groups in total. The van der Waals surface area contributed by atoms with Gasteiger partial charge in [-0.3, -0.25) is 9.59 Å². The number of hydrogen-bond donors (Lipinski definition) is 4. The fourth-order valence-electron chi connectivity index (χ4n) is 1.46. The molecule has 146 valence electrons. The molecule has 0 saturated carbocycles. The van der Waals surface area contributed by atoms with E-state index in [9.17, 15) is 27.1 Å². The minimum atomic E-state index is -2.46. The van der Waals surface area contributed by atoms with Crippen LogP contribution in [0.5, 0.6) is 0 Å². The minimum Gasteiger partial charge on any atom is -0.323 e. The van der Waals surface area contributed by atoms with Gasteiger partial charge in [-0.15, -0.1) is 0 Å². The summed E-state index contributed by atoms with van der Waals surface area (Å²) < 4.78 is 37.8. The molecule has 0 spiro atoms. The van der Waals surface area contributed by atoms with Crippen molar-refractivity contribution in [1.82, 2.24) is 0 Å². The molecular weight excluding hydrogens is 427 g/mol. The third kappa shape index (κ3) is 5.02. The van der Waals surface area contributed by atoms with Crippen LogP contribution in [0, 0.1) is 0 Å². The van der Waals surface area contributed by atoms with E-state index in [0.29, 0.717) is 0 Å². The highest BCUT2D eigenvalue weighted by atomic mass is 35.5. The van der Waals surface area contributed by atoms with Crippen LogP contribution in [-0.4, -0.2) is 38.8 Å². The van der Waals surface area contributed by atoms with Crippen molar-refractivity contribution in [3.8, 4) is 0 Å². The van der Waals surface area contributed by atoms with Gasteiger partial charge in [0.05, 0.1) is 21.4 Å². The number of rotatable bonds is 6. The van der Waals surface area contributed by atoms with Crippen LogP contribution in [0.3, 0.4) is 0 Å². The Kier molecular flexibility index (Phi) is 7.36. The van der Waals surface area contributed by atoms with Gasteiger partial charge in [0, 0.05) is 0 Å². The molecule has 0 bridgehead atoms. The van der Waals surface area contributed by atoms with Crippen LogP contribution in [0.25, 0.3) is 0 Å². The standard InChI is InChI=1S/C14H18Cl2N2O6S2/c1-13(2,25(21)22)11(19)17-9-5-7(15)8(16)6-10(9)18-12(20)14(3,4)26(23)24/h5-6H,1-4H3,(H,17,19)(H,18,20)(H,21,22)(H,23,24). The minimum absolute atomic E-state index is 0.01000. The lowest BCUT2D eigenvalue weighted by Gasteiger charge is -2.23. The first kappa shape index (κ1) is 23.0. The van der Waals surface area contributed by atoms with Gasteiger partial charge in [-0.1, -0.05) is 23.2 Å². The molecule has 0 aliphatic heterocycles. The zero-order chi connectivity index (χ0) is 20.4. The number of halogens is 2. The Hall–Kier alpha value is -1.04. The average molecular weight is 445 g/mol. The number of amides is 2. The molecule has 0 aliphatic rings. The quantitative estimate of drug-likeness (QED) is 0.498. The van der Waals surface area contributed by atoms with Crippen LogP contribution in [0.2, 0.25) is 10.0 Å². The molecule has 2 atom stereocenters. The lowest BCUT2D eigenvalue weighted by Crippen LogP contribution is -2.42. The zero-order valence-corrected chi connectivity index (χ0v) is 17.4. The van der Waals surface area contributed by atoms with Crippen LogP contribution in [0.15, 0.2) is 12.1 Å². The lowest BCUT2D eigenvalue weighted by atomic mass is 10.1. The highest BCUT2D eigenvalue weighted by molar-refractivity contribution is 7.81. The van der Waals surface area contributed by atoms with Gasteiger partial charge in [0.15, 0.2) is 22.2 Å². The third-order valence-electron chi connectivity index (χ3n) is 3.52. The second-order valence-electron chi connectivity index (χ2n) is 6.24. The Balaban J connectivity index is 3.28. The molecule has 0 aliphatic carbocycles. The van der Waals surface area contributed by atoms with Crippen molar-refractivity contribution in [2.45, 2.75) is 37.2 Å². The predicted molar refractivity (Wildman–Crippen MR) is 103 cm³/mol. The molecule has 1 rings (SSSR count). The summed E-state index contributed by atoms with van der Waals surface area (Å²) in [6.07, 6.45) is 0. The molecular formula is C14H18Cl2N2O6S2. The summed E-state index contributed by atoms with van der Waals surface area (Å²) in [6, 6.07) is 2.49. The first-order chi connectivity index (χ1) is 11.7. The van der Waals surface area contributed by atoms with Gasteiger partial charge in [-0.05, 0) is 39.8 Å². The fraction of sp³-hybridized carbons (Fsp3) is 0.429. The Labute approximate surface area is 165 Å². The largest absolute Gasteiger partial charge is 0.323 e. The predicted octanol–water partition coefficient (Wildman–Crippen LogP) is 2.87. The van der Waals surface area contributed by atoms with Crippen molar-refractivity contribution in [2.75, 3.05) is 10.6 Å². The molecule has 8 nitrogen and oxygen atoms in total. The SMILES string of the molecule is CC(C)(C(=O)Nc1cc(Cl)c(Cl)cc1NC(=O)C(C)(C)S(=O)O)S(=O)O. The van der Waals surface area contributed by atoms with E-state index in [1.807, 2.05) is 0 Å². The van der Waals surface area contributed by atoms with Gasteiger partial charge < -0.3 is 19.7 Å². The number of nitrogens with one attached hydrogen (secondary N) is 2. The number of hydrogen-bond acceptors (Lipinski definition) is 4. The summed E-state index contributed by atoms with van der Waals surface area (Å²) in [5.41, 5.74) is 0.0200. The van der Waals surface area contributed by atoms with Crippen molar-refractivity contribution in [3.05, 3.63) is 22.2 Å². The topological polar surface area (TPSA) is 133 Å². The van der Waals surface area contributed by atoms with Crippen molar-refractivity contribution >= 4 is 68.6 Å². The van der Waals surface area contributed by atoms with E-state index >= 15 is 0 Å². The first-order valence-electron chi connectivity index (χ1n) is 7.05. The van der Waals surface area contributed by atoms with Gasteiger partial charge in [0.2, 0.25) is 11.8 Å². The highest BCUT2D eigenvalue weighted by Gasteiger charge is 2.36. The van der Waals surface area contributed by atoms with E-state index in [4.69, 9.17) is 23.2 Å². The molecule has 12 heteroatoms. The maximum atomic E-state index is 12.3. The van der Waals surface area contributed by atoms with Crippen LogP contribution in [0.4, 0.5) is 11.4 Å². The van der Waals surface area contributed by atoms with Crippen LogP contribution in [-0.2, 0) is 31.7 Å². The smallest absolute Gasteiger partial charge is 0.245 e. The summed E-state index contributed by atoms with van der Waals surface area (Å²) in [5, 5.41) is 4.92. The molecule has 0 aromatic heterocycles. The average Bonchev–Trinajstić information content (AvgIpc) is 2.51. The second-order valence-corrected chi connectivity index (χ2v) is 10.1. The van der Waals surface area contributed by atoms with E-state index in [1.54, 1.807) is 0 Å². The molecule has 2 unspecified atom stereocenters. The molecule has 0 heterocycles.